The molecule has 3 unspecified atom stereocenters. The van der Waals surface area contributed by atoms with Crippen LogP contribution < -0.4 is 0 Å². The summed E-state index contributed by atoms with van der Waals surface area (Å²) in [5.74, 6) is 0.0476. The Morgan fingerprint density at radius 2 is 2.09 bits per heavy atom. The Bertz CT molecular complexity index is 587. The fraction of sp³-hybridized carbons (Fsp3) is 0.500. The minimum Gasteiger partial charge on any atom is -0.391 e. The second-order valence-electron chi connectivity index (χ2n) is 5.52. The zero-order chi connectivity index (χ0) is 16.1. The summed E-state index contributed by atoms with van der Waals surface area (Å²) in [4.78, 5) is 4.01. The van der Waals surface area contributed by atoms with Crippen molar-refractivity contribution in [3.05, 3.63) is 46.5 Å². The summed E-state index contributed by atoms with van der Waals surface area (Å²) in [7, 11) is 0. The smallest absolute Gasteiger partial charge is 0.137 e. The molecule has 2 rings (SSSR count). The molecule has 3 atom stereocenters. The van der Waals surface area contributed by atoms with Crippen LogP contribution in [0.5, 0.6) is 0 Å². The highest BCUT2D eigenvalue weighted by Gasteiger charge is 2.30. The van der Waals surface area contributed by atoms with Crippen molar-refractivity contribution in [2.45, 2.75) is 51.2 Å². The molecule has 0 fully saturated rings. The molecule has 0 saturated heterocycles. The van der Waals surface area contributed by atoms with E-state index in [2.05, 4.69) is 17.0 Å². The standard InChI is InChI=1S/C16H21Cl2N3O/c1-3-4-5-14(13-7-6-12(17)8-15(13)18)16(11(2)22)21-10-19-9-20-21/h6-11,14,16,22H,3-5H2,1-2H3. The third-order valence-corrected chi connectivity index (χ3v) is 4.44. The van der Waals surface area contributed by atoms with E-state index in [0.717, 1.165) is 24.8 Å². The van der Waals surface area contributed by atoms with Gasteiger partial charge in [0.25, 0.3) is 0 Å². The maximum atomic E-state index is 10.3. The van der Waals surface area contributed by atoms with E-state index in [4.69, 9.17) is 23.2 Å². The summed E-state index contributed by atoms with van der Waals surface area (Å²) in [5, 5.41) is 15.8. The van der Waals surface area contributed by atoms with Crippen LogP contribution in [0, 0.1) is 0 Å². The molecule has 0 saturated carbocycles. The number of unbranched alkanes of at least 4 members (excludes halogenated alkanes) is 1. The van der Waals surface area contributed by atoms with E-state index in [0.29, 0.717) is 10.0 Å². The maximum absolute atomic E-state index is 10.3. The van der Waals surface area contributed by atoms with Crippen LogP contribution in [0.4, 0.5) is 0 Å². The van der Waals surface area contributed by atoms with Crippen molar-refractivity contribution in [1.29, 1.82) is 0 Å². The number of hydrogen-bond donors (Lipinski definition) is 1. The van der Waals surface area contributed by atoms with Gasteiger partial charge in [0.15, 0.2) is 0 Å². The minimum absolute atomic E-state index is 0.0476. The van der Waals surface area contributed by atoms with E-state index in [-0.39, 0.29) is 12.0 Å². The van der Waals surface area contributed by atoms with Gasteiger partial charge in [-0.2, -0.15) is 5.10 Å². The predicted octanol–water partition coefficient (Wildman–Crippen LogP) is 4.48. The van der Waals surface area contributed by atoms with E-state index in [1.807, 2.05) is 12.1 Å². The van der Waals surface area contributed by atoms with Crippen LogP contribution in [0.15, 0.2) is 30.9 Å². The predicted molar refractivity (Wildman–Crippen MR) is 89.5 cm³/mol. The molecule has 1 aromatic carbocycles. The number of nitrogens with zero attached hydrogens (tertiary/aromatic N) is 3. The first-order chi connectivity index (χ1) is 10.5. The zero-order valence-electron chi connectivity index (χ0n) is 12.8. The number of hydrogen-bond acceptors (Lipinski definition) is 3. The van der Waals surface area contributed by atoms with Crippen LogP contribution in [0.1, 0.15) is 50.6 Å². The highest BCUT2D eigenvalue weighted by Crippen LogP contribution is 2.39. The third kappa shape index (κ3) is 4.00. The lowest BCUT2D eigenvalue weighted by atomic mass is 9.84. The lowest BCUT2D eigenvalue weighted by molar-refractivity contribution is 0.103. The summed E-state index contributed by atoms with van der Waals surface area (Å²) in [6, 6.07) is 5.31. The van der Waals surface area contributed by atoms with E-state index in [1.165, 1.54) is 6.33 Å². The molecule has 0 amide bonds. The molecule has 0 bridgehead atoms. The second-order valence-corrected chi connectivity index (χ2v) is 6.36. The molecule has 1 heterocycles. The molecule has 4 nitrogen and oxygen atoms in total. The van der Waals surface area contributed by atoms with E-state index in [9.17, 15) is 5.11 Å². The maximum Gasteiger partial charge on any atom is 0.137 e. The number of halogens is 2. The van der Waals surface area contributed by atoms with Crippen LogP contribution >= 0.6 is 23.2 Å². The Balaban J connectivity index is 2.43. The normalized spacial score (nSPS) is 15.5. The first kappa shape index (κ1) is 17.3. The van der Waals surface area contributed by atoms with E-state index < -0.39 is 6.10 Å². The number of aromatic nitrogens is 3. The molecular weight excluding hydrogens is 321 g/mol. The molecule has 0 aliphatic heterocycles. The summed E-state index contributed by atoms with van der Waals surface area (Å²) < 4.78 is 1.72. The van der Waals surface area contributed by atoms with Gasteiger partial charge in [-0.25, -0.2) is 9.67 Å². The minimum atomic E-state index is -0.574. The van der Waals surface area contributed by atoms with Crippen molar-refractivity contribution in [2.75, 3.05) is 0 Å². The van der Waals surface area contributed by atoms with Gasteiger partial charge in [-0.15, -0.1) is 0 Å². The second kappa shape index (κ2) is 7.95. The summed E-state index contributed by atoms with van der Waals surface area (Å²) in [6.45, 7) is 3.92. The molecule has 0 aliphatic rings. The van der Waals surface area contributed by atoms with Crippen molar-refractivity contribution in [3.8, 4) is 0 Å². The van der Waals surface area contributed by atoms with Crippen molar-refractivity contribution in [1.82, 2.24) is 14.8 Å². The quantitative estimate of drug-likeness (QED) is 0.807. The van der Waals surface area contributed by atoms with Gasteiger partial charge in [0.2, 0.25) is 0 Å². The van der Waals surface area contributed by atoms with Gasteiger partial charge in [0.1, 0.15) is 12.7 Å². The molecule has 0 aliphatic carbocycles. The van der Waals surface area contributed by atoms with Gasteiger partial charge in [0.05, 0.1) is 12.1 Å². The Kier molecular flexibility index (Phi) is 6.24. The first-order valence-electron chi connectivity index (χ1n) is 7.51. The van der Waals surface area contributed by atoms with Crippen molar-refractivity contribution in [3.63, 3.8) is 0 Å². The van der Waals surface area contributed by atoms with E-state index >= 15 is 0 Å². The molecule has 1 aromatic heterocycles. The molecule has 0 spiro atoms. The molecule has 0 radical (unpaired) electrons. The average Bonchev–Trinajstić information content (AvgIpc) is 2.97. The van der Waals surface area contributed by atoms with Crippen LogP contribution in [0.3, 0.4) is 0 Å². The van der Waals surface area contributed by atoms with Gasteiger partial charge >= 0.3 is 0 Å². The molecule has 1 N–H and O–H groups in total. The highest BCUT2D eigenvalue weighted by atomic mass is 35.5. The van der Waals surface area contributed by atoms with Crippen LogP contribution in [-0.2, 0) is 0 Å². The Morgan fingerprint density at radius 1 is 1.32 bits per heavy atom. The lowest BCUT2D eigenvalue weighted by Gasteiger charge is -2.30. The monoisotopic (exact) mass is 341 g/mol. The number of rotatable bonds is 7. The van der Waals surface area contributed by atoms with Crippen LogP contribution in [-0.4, -0.2) is 26.0 Å². The highest BCUT2D eigenvalue weighted by molar-refractivity contribution is 6.35. The summed E-state index contributed by atoms with van der Waals surface area (Å²) >= 11 is 12.4. The number of benzene rings is 1. The first-order valence-corrected chi connectivity index (χ1v) is 8.27. The van der Waals surface area contributed by atoms with Crippen LogP contribution in [0.25, 0.3) is 0 Å². The molecule has 22 heavy (non-hydrogen) atoms. The fourth-order valence-corrected chi connectivity index (χ4v) is 3.40. The summed E-state index contributed by atoms with van der Waals surface area (Å²) in [5.41, 5.74) is 0.987. The topological polar surface area (TPSA) is 50.9 Å². The Hall–Kier alpha value is -1.10. The Morgan fingerprint density at radius 3 is 2.64 bits per heavy atom. The molecule has 120 valence electrons. The largest absolute Gasteiger partial charge is 0.391 e. The van der Waals surface area contributed by atoms with Gasteiger partial charge in [-0.3, -0.25) is 0 Å². The van der Waals surface area contributed by atoms with E-state index in [1.54, 1.807) is 24.0 Å². The Labute approximate surface area is 141 Å². The van der Waals surface area contributed by atoms with Crippen molar-refractivity contribution >= 4 is 23.2 Å². The fourth-order valence-electron chi connectivity index (χ4n) is 2.85. The molecule has 2 aromatic rings. The SMILES string of the molecule is CCCCC(c1ccc(Cl)cc1Cl)C(C(C)O)n1cncn1. The third-order valence-electron chi connectivity index (χ3n) is 3.88. The summed E-state index contributed by atoms with van der Waals surface area (Å²) in [6.07, 6.45) is 5.58. The zero-order valence-corrected chi connectivity index (χ0v) is 14.3. The lowest BCUT2D eigenvalue weighted by Crippen LogP contribution is -2.28. The van der Waals surface area contributed by atoms with Gasteiger partial charge < -0.3 is 5.11 Å². The van der Waals surface area contributed by atoms with Gasteiger partial charge in [-0.1, -0.05) is 49.0 Å². The van der Waals surface area contributed by atoms with Crippen molar-refractivity contribution in [2.24, 2.45) is 0 Å². The van der Waals surface area contributed by atoms with Gasteiger partial charge in [0, 0.05) is 16.0 Å². The number of aliphatic hydroxyl groups excluding tert-OH is 1. The molecular formula is C16H21Cl2N3O. The van der Waals surface area contributed by atoms with Crippen molar-refractivity contribution < 1.29 is 5.11 Å². The molecule has 6 heteroatoms. The average molecular weight is 342 g/mol. The van der Waals surface area contributed by atoms with Gasteiger partial charge in [-0.05, 0) is 31.0 Å². The number of aliphatic hydroxyl groups is 1. The van der Waals surface area contributed by atoms with Crippen LogP contribution in [0.2, 0.25) is 10.0 Å².